The third kappa shape index (κ3) is 7.09. The zero-order chi connectivity index (χ0) is 36.8. The number of carbonyl (C=O) groups excluding carboxylic acids is 2. The summed E-state index contributed by atoms with van der Waals surface area (Å²) in [4.78, 5) is 48.3. The van der Waals surface area contributed by atoms with Crippen LogP contribution in [0.2, 0.25) is 0 Å². The monoisotopic (exact) mass is 738 g/mol. The second-order valence-electron chi connectivity index (χ2n) is 12.9. The number of carboxylic acids is 1. The number of aliphatic carboxylic acids is 1. The van der Waals surface area contributed by atoms with Crippen LogP contribution in [0.4, 0.5) is 5.13 Å². The molecule has 0 radical (unpaired) electrons. The number of hydrogen-bond acceptors (Lipinski definition) is 15. The van der Waals surface area contributed by atoms with Crippen LogP contribution in [0, 0.1) is 5.41 Å². The topological polar surface area (TPSA) is 291 Å². The van der Waals surface area contributed by atoms with E-state index in [1.54, 1.807) is 25.3 Å². The van der Waals surface area contributed by atoms with Crippen molar-refractivity contribution in [2.75, 3.05) is 19.4 Å². The average molecular weight is 739 g/mol. The number of carbonyl (C=O) groups is 3. The Morgan fingerprint density at radius 1 is 1.30 bits per heavy atom. The van der Waals surface area contributed by atoms with E-state index in [0.717, 1.165) is 16.9 Å². The van der Waals surface area contributed by atoms with Crippen LogP contribution >= 0.6 is 11.3 Å². The van der Waals surface area contributed by atoms with E-state index in [1.807, 2.05) is 0 Å². The summed E-state index contributed by atoms with van der Waals surface area (Å²) in [7, 11) is -3.42. The minimum Gasteiger partial charge on any atom is -0.485 e. The number of nitrogens with one attached hydrogen (secondary N) is 3. The molecule has 272 valence electrons. The minimum absolute atomic E-state index is 0.0406. The van der Waals surface area contributed by atoms with Crippen LogP contribution in [0.5, 0.6) is 5.75 Å². The van der Waals surface area contributed by atoms with Crippen molar-refractivity contribution in [1.29, 1.82) is 5.41 Å². The molecule has 5 rings (SSSR count). The first kappa shape index (κ1) is 36.9. The fourth-order valence-electron chi connectivity index (χ4n) is 5.97. The molecule has 9 N–H and O–H groups in total. The van der Waals surface area contributed by atoms with Gasteiger partial charge in [-0.15, -0.1) is 15.6 Å². The van der Waals surface area contributed by atoms with E-state index >= 15 is 0 Å². The van der Waals surface area contributed by atoms with Gasteiger partial charge >= 0.3 is 16.4 Å². The van der Waals surface area contributed by atoms with Crippen LogP contribution < -0.4 is 26.8 Å². The van der Waals surface area contributed by atoms with Gasteiger partial charge in [0.05, 0.1) is 11.1 Å². The van der Waals surface area contributed by atoms with Crippen LogP contribution in [0.3, 0.4) is 0 Å². The lowest BCUT2D eigenvalue weighted by Crippen LogP contribution is -2.76. The molecular weight excluding hydrogens is 700 g/mol. The highest BCUT2D eigenvalue weighted by molar-refractivity contribution is 7.80. The van der Waals surface area contributed by atoms with Gasteiger partial charge in [-0.3, -0.25) is 19.6 Å². The highest BCUT2D eigenvalue weighted by Crippen LogP contribution is 2.37. The Hall–Kier alpha value is -4.41. The Balaban J connectivity index is 1.31. The predicted molar refractivity (Wildman–Crippen MR) is 177 cm³/mol. The molecule has 50 heavy (non-hydrogen) atoms. The molecule has 3 atom stereocenters. The third-order valence-electron chi connectivity index (χ3n) is 9.15. The summed E-state index contributed by atoms with van der Waals surface area (Å²) in [6, 6.07) is 3.81. The minimum atomic E-state index is -5.03. The molecule has 1 saturated carbocycles. The number of benzene rings is 1. The van der Waals surface area contributed by atoms with Gasteiger partial charge in [-0.2, -0.15) is 13.5 Å². The molecule has 2 aliphatic heterocycles. The fraction of sp³-hybridized carbons (Fsp3) is 0.517. The highest BCUT2D eigenvalue weighted by Gasteiger charge is 2.58. The maximum atomic E-state index is 13.5. The number of nitrogens with zero attached hydrogens (tertiary/aromatic N) is 3. The van der Waals surface area contributed by atoms with Crippen LogP contribution in [0.25, 0.3) is 0 Å². The Labute approximate surface area is 290 Å². The molecule has 0 bridgehead atoms. The van der Waals surface area contributed by atoms with Crippen molar-refractivity contribution in [2.24, 2.45) is 10.9 Å². The Morgan fingerprint density at radius 2 is 2.00 bits per heavy atom. The number of carboxylic acid groups (broad SMARTS) is 1. The van der Waals surface area contributed by atoms with Gasteiger partial charge < -0.3 is 41.5 Å². The number of hydrogen-bond donors (Lipinski definition) is 7. The van der Waals surface area contributed by atoms with E-state index in [0.29, 0.717) is 42.2 Å². The number of nitrogen functional groups attached to an aromatic ring is 1. The summed E-state index contributed by atoms with van der Waals surface area (Å²) < 4.78 is 47.2. The van der Waals surface area contributed by atoms with E-state index in [1.165, 1.54) is 26.2 Å². The molecule has 1 saturated heterocycles. The number of thiazole rings is 1. The number of methoxy groups -OCH3 is 1. The van der Waals surface area contributed by atoms with Crippen molar-refractivity contribution < 1.29 is 51.1 Å². The first-order valence-electron chi connectivity index (χ1n) is 15.3. The van der Waals surface area contributed by atoms with Gasteiger partial charge in [0.25, 0.3) is 17.4 Å². The van der Waals surface area contributed by atoms with Crippen molar-refractivity contribution in [2.45, 2.75) is 81.4 Å². The molecular formula is C29H38N8O11S2. The van der Waals surface area contributed by atoms with Crippen molar-refractivity contribution in [1.82, 2.24) is 20.7 Å². The molecule has 19 nitrogen and oxygen atoms in total. The van der Waals surface area contributed by atoms with Crippen LogP contribution in [-0.4, -0.2) is 106 Å². The van der Waals surface area contributed by atoms with Crippen molar-refractivity contribution in [3.05, 3.63) is 40.4 Å². The molecule has 3 aliphatic rings. The number of rotatable bonds is 13. The number of aryl methyl sites for hydroxylation is 1. The molecule has 2 fully saturated rings. The number of hydroxylamine groups is 2. The Morgan fingerprint density at radius 3 is 2.56 bits per heavy atom. The number of fused-ring (bicyclic) bond motifs is 1. The van der Waals surface area contributed by atoms with E-state index in [2.05, 4.69) is 25.1 Å². The van der Waals surface area contributed by atoms with Gasteiger partial charge in [0.1, 0.15) is 23.3 Å². The summed E-state index contributed by atoms with van der Waals surface area (Å²) in [5, 5.41) is 30.1. The number of anilines is 1. The Bertz CT molecular complexity index is 1840. The van der Waals surface area contributed by atoms with E-state index in [4.69, 9.17) is 35.7 Å². The van der Waals surface area contributed by atoms with Gasteiger partial charge in [-0.1, -0.05) is 5.16 Å². The van der Waals surface area contributed by atoms with Gasteiger partial charge in [0.15, 0.2) is 16.9 Å². The summed E-state index contributed by atoms with van der Waals surface area (Å²) in [5.74, 6) is -2.88. The number of amides is 2. The summed E-state index contributed by atoms with van der Waals surface area (Å²) >= 11 is 0.958. The predicted octanol–water partition coefficient (Wildman–Crippen LogP) is -0.0556. The standard InChI is InChI=1S/C29H38N8O11S2/c1-27(2)21(24(39)37(27)48-50(42,43)44)35-23(38)20(17-12-49-26(32)34-17)36-47-28(3,25(40)41)19-8-6-14-9-15(5-7-18(14)46-19)22(31)33-16-10-29(11-16,13-30)45-4/h5,7,9,12,16,19,21H,6,8,10-11,13,30H2,1-4H3,(H2,31,33)(H2,32,34)(H,35,38)(H,40,41)(H,42,43,44)/b36-20-/t16-,19-,21-,28+,29-/m1/s1. The smallest absolute Gasteiger partial charge is 0.418 e. The first-order chi connectivity index (χ1) is 23.3. The van der Waals surface area contributed by atoms with Gasteiger partial charge in [-0.05, 0) is 70.2 Å². The lowest BCUT2D eigenvalue weighted by Gasteiger charge is -2.50. The number of ether oxygens (including phenoxy) is 2. The lowest BCUT2D eigenvalue weighted by atomic mass is 9.75. The van der Waals surface area contributed by atoms with Crippen LogP contribution in [0.1, 0.15) is 56.9 Å². The van der Waals surface area contributed by atoms with Crippen molar-refractivity contribution in [3.8, 4) is 5.75 Å². The van der Waals surface area contributed by atoms with Crippen LogP contribution in [0.15, 0.2) is 28.7 Å². The van der Waals surface area contributed by atoms with Crippen molar-refractivity contribution in [3.63, 3.8) is 0 Å². The second-order valence-corrected chi connectivity index (χ2v) is 14.8. The molecule has 21 heteroatoms. The van der Waals surface area contributed by atoms with Crippen molar-refractivity contribution >= 4 is 56.2 Å². The number of aromatic nitrogens is 1. The maximum absolute atomic E-state index is 13.5. The van der Waals surface area contributed by atoms with E-state index < -0.39 is 57.2 Å². The maximum Gasteiger partial charge on any atom is 0.418 e. The quantitative estimate of drug-likeness (QED) is 0.0466. The SMILES string of the molecule is CO[C@]1(CN)C[C@@H](NC(=N)c2ccc3c(c2)CC[C@H]([C@](C)(O/N=C(\C(=O)N[C@@H]2C(=O)N(OS(=O)(=O)O)C2(C)C)c2csc(N)n2)C(=O)O)O3)C1. The fourth-order valence-corrected chi connectivity index (χ4v) is 6.97. The number of nitrogens with two attached hydrogens (primary N) is 2. The number of amidine groups is 1. The molecule has 2 aromatic rings. The third-order valence-corrected chi connectivity index (χ3v) is 10.2. The van der Waals surface area contributed by atoms with E-state index in [9.17, 15) is 27.9 Å². The molecule has 0 spiro atoms. The lowest BCUT2D eigenvalue weighted by molar-refractivity contribution is -0.218. The highest BCUT2D eigenvalue weighted by atomic mass is 32.3. The summed E-state index contributed by atoms with van der Waals surface area (Å²) in [5.41, 5.74) is 8.36. The average Bonchev–Trinajstić information content (AvgIpc) is 3.48. The molecule has 2 amide bonds. The van der Waals surface area contributed by atoms with Gasteiger partial charge in [0, 0.05) is 30.6 Å². The summed E-state index contributed by atoms with van der Waals surface area (Å²) in [6.45, 7) is 4.35. The first-order valence-corrected chi connectivity index (χ1v) is 17.5. The molecule has 3 heterocycles. The zero-order valence-corrected chi connectivity index (χ0v) is 29.1. The molecule has 1 aromatic carbocycles. The molecule has 1 aromatic heterocycles. The Kier molecular flexibility index (Phi) is 9.86. The van der Waals surface area contributed by atoms with Gasteiger partial charge in [-0.25, -0.2) is 9.78 Å². The molecule has 0 unspecified atom stereocenters. The second kappa shape index (κ2) is 13.4. The van der Waals surface area contributed by atoms with Crippen LogP contribution in [-0.2, 0) is 45.1 Å². The molecule has 1 aliphatic carbocycles. The van der Waals surface area contributed by atoms with E-state index in [-0.39, 0.29) is 34.7 Å². The largest absolute Gasteiger partial charge is 0.485 e. The normalized spacial score (nSPS) is 25.6. The number of oxime groups is 1. The summed E-state index contributed by atoms with van der Waals surface area (Å²) in [6.07, 6.45) is 0.808. The zero-order valence-electron chi connectivity index (χ0n) is 27.5. The van der Waals surface area contributed by atoms with Gasteiger partial charge in [0.2, 0.25) is 0 Å². The number of β-lactam (4-membered cyclic amide) rings is 1.